The number of aryl methyl sites for hydroxylation is 2. The first kappa shape index (κ1) is 11.7. The molecule has 0 fully saturated rings. The number of nitrogens with one attached hydrogen (secondary N) is 2. The van der Waals surface area contributed by atoms with Gasteiger partial charge in [0.05, 0.1) is 0 Å². The summed E-state index contributed by atoms with van der Waals surface area (Å²) in [7, 11) is 0. The van der Waals surface area contributed by atoms with E-state index in [0.717, 1.165) is 36.4 Å². The molecule has 3 aromatic rings. The van der Waals surface area contributed by atoms with Crippen LogP contribution >= 0.6 is 0 Å². The quantitative estimate of drug-likeness (QED) is 0.683. The molecule has 0 amide bonds. The number of nitrogens with zero attached hydrogens (tertiary/aromatic N) is 4. The second-order valence-electron chi connectivity index (χ2n) is 4.46. The number of rotatable bonds is 5. The van der Waals surface area contributed by atoms with Crippen molar-refractivity contribution < 1.29 is 0 Å². The molecule has 0 atom stereocenters. The number of hydrogen-bond donors (Lipinski definition) is 2. The Balaban J connectivity index is 1.58. The third-order valence-electron chi connectivity index (χ3n) is 2.99. The summed E-state index contributed by atoms with van der Waals surface area (Å²) < 4.78 is 1.80. The summed E-state index contributed by atoms with van der Waals surface area (Å²) >= 11 is 0. The molecular formula is C13H16N6. The van der Waals surface area contributed by atoms with Crippen molar-refractivity contribution >= 4 is 11.6 Å². The minimum atomic E-state index is 0.675. The van der Waals surface area contributed by atoms with E-state index in [1.165, 1.54) is 0 Å². The molecule has 0 aliphatic rings. The van der Waals surface area contributed by atoms with Crippen molar-refractivity contribution in [3.05, 3.63) is 42.1 Å². The van der Waals surface area contributed by atoms with Crippen LogP contribution in [0.25, 0.3) is 5.65 Å². The Morgan fingerprint density at radius 1 is 1.42 bits per heavy atom. The first-order valence-corrected chi connectivity index (χ1v) is 6.37. The lowest BCUT2D eigenvalue weighted by molar-refractivity contribution is 0.809. The fraction of sp³-hybridized carbons (Fsp3) is 0.308. The van der Waals surface area contributed by atoms with Gasteiger partial charge in [-0.1, -0.05) is 6.07 Å². The summed E-state index contributed by atoms with van der Waals surface area (Å²) in [6, 6.07) is 4.00. The molecule has 0 spiro atoms. The summed E-state index contributed by atoms with van der Waals surface area (Å²) in [5.41, 5.74) is 2.02. The van der Waals surface area contributed by atoms with Crippen LogP contribution in [-0.2, 0) is 6.42 Å². The van der Waals surface area contributed by atoms with Gasteiger partial charge in [0.15, 0.2) is 5.65 Å². The van der Waals surface area contributed by atoms with Crippen LogP contribution in [0.3, 0.4) is 0 Å². The van der Waals surface area contributed by atoms with Gasteiger partial charge < -0.3 is 10.3 Å². The standard InChI is InChI=1S/C13H16N6/c1-10-4-3-9-19-12(10)17-13(18-19)16-6-2-5-11-14-7-8-15-11/h3-4,7-9H,2,5-6H2,1H3,(H,14,15)(H,16,18). The summed E-state index contributed by atoms with van der Waals surface area (Å²) in [5, 5.41) is 7.62. The van der Waals surface area contributed by atoms with Crippen LogP contribution in [0.2, 0.25) is 0 Å². The van der Waals surface area contributed by atoms with Crippen LogP contribution in [0.5, 0.6) is 0 Å². The second kappa shape index (κ2) is 5.09. The van der Waals surface area contributed by atoms with Gasteiger partial charge in [-0.15, -0.1) is 5.10 Å². The number of pyridine rings is 1. The summed E-state index contributed by atoms with van der Waals surface area (Å²) in [5.74, 6) is 1.69. The molecule has 0 radical (unpaired) electrons. The fourth-order valence-electron chi connectivity index (χ4n) is 2.01. The van der Waals surface area contributed by atoms with Gasteiger partial charge in [0.1, 0.15) is 5.82 Å². The van der Waals surface area contributed by atoms with Gasteiger partial charge in [-0.3, -0.25) is 0 Å². The van der Waals surface area contributed by atoms with E-state index in [1.54, 1.807) is 10.7 Å². The van der Waals surface area contributed by atoms with E-state index < -0.39 is 0 Å². The number of hydrogen-bond acceptors (Lipinski definition) is 4. The average Bonchev–Trinajstić information content (AvgIpc) is 3.04. The zero-order valence-electron chi connectivity index (χ0n) is 10.8. The number of anilines is 1. The molecule has 3 rings (SSSR count). The number of H-pyrrole nitrogens is 1. The highest BCUT2D eigenvalue weighted by molar-refractivity contribution is 5.49. The lowest BCUT2D eigenvalue weighted by Crippen LogP contribution is -2.05. The van der Waals surface area contributed by atoms with E-state index in [0.29, 0.717) is 5.95 Å². The van der Waals surface area contributed by atoms with E-state index in [2.05, 4.69) is 25.4 Å². The smallest absolute Gasteiger partial charge is 0.243 e. The molecule has 98 valence electrons. The van der Waals surface area contributed by atoms with Gasteiger partial charge in [0, 0.05) is 31.6 Å². The van der Waals surface area contributed by atoms with E-state index in [4.69, 9.17) is 0 Å². The molecule has 0 aliphatic carbocycles. The predicted molar refractivity (Wildman–Crippen MR) is 73.1 cm³/mol. The SMILES string of the molecule is Cc1cccn2nc(NCCCc3ncc[nH]3)nc12. The second-order valence-corrected chi connectivity index (χ2v) is 4.46. The molecule has 0 saturated carbocycles. The number of imidazole rings is 1. The first-order chi connectivity index (χ1) is 9.33. The summed E-state index contributed by atoms with van der Waals surface area (Å²) in [6.45, 7) is 2.86. The molecule has 6 heteroatoms. The third kappa shape index (κ3) is 2.57. The Hall–Kier alpha value is -2.37. The van der Waals surface area contributed by atoms with Crippen molar-refractivity contribution in [2.75, 3.05) is 11.9 Å². The van der Waals surface area contributed by atoms with Crippen molar-refractivity contribution in [2.45, 2.75) is 19.8 Å². The molecule has 0 saturated heterocycles. The maximum atomic E-state index is 4.46. The largest absolute Gasteiger partial charge is 0.353 e. The molecular weight excluding hydrogens is 240 g/mol. The van der Waals surface area contributed by atoms with Gasteiger partial charge in [-0.2, -0.15) is 4.98 Å². The molecule has 0 aromatic carbocycles. The fourth-order valence-corrected chi connectivity index (χ4v) is 2.01. The topological polar surface area (TPSA) is 70.9 Å². The molecule has 3 aromatic heterocycles. The van der Waals surface area contributed by atoms with Gasteiger partial charge in [-0.05, 0) is 25.0 Å². The van der Waals surface area contributed by atoms with E-state index in [1.807, 2.05) is 31.5 Å². The highest BCUT2D eigenvalue weighted by Crippen LogP contribution is 2.09. The van der Waals surface area contributed by atoms with Crippen molar-refractivity contribution in [3.63, 3.8) is 0 Å². The third-order valence-corrected chi connectivity index (χ3v) is 2.99. The zero-order chi connectivity index (χ0) is 13.1. The molecule has 0 bridgehead atoms. The van der Waals surface area contributed by atoms with Crippen molar-refractivity contribution in [1.29, 1.82) is 0 Å². The Bertz CT molecular complexity index is 655. The Kier molecular flexibility index (Phi) is 3.14. The lowest BCUT2D eigenvalue weighted by Gasteiger charge is -1.99. The molecule has 0 unspecified atom stereocenters. The van der Waals surface area contributed by atoms with Gasteiger partial charge in [-0.25, -0.2) is 9.50 Å². The predicted octanol–water partition coefficient (Wildman–Crippen LogP) is 1.81. The lowest BCUT2D eigenvalue weighted by atomic mass is 10.3. The molecule has 3 heterocycles. The highest BCUT2D eigenvalue weighted by Gasteiger charge is 2.04. The molecule has 19 heavy (non-hydrogen) atoms. The highest BCUT2D eigenvalue weighted by atomic mass is 15.3. The van der Waals surface area contributed by atoms with E-state index >= 15 is 0 Å². The normalized spacial score (nSPS) is 11.0. The Labute approximate surface area is 110 Å². The van der Waals surface area contributed by atoms with Crippen LogP contribution < -0.4 is 5.32 Å². The first-order valence-electron chi connectivity index (χ1n) is 6.37. The van der Waals surface area contributed by atoms with Crippen molar-refractivity contribution in [2.24, 2.45) is 0 Å². The van der Waals surface area contributed by atoms with E-state index in [-0.39, 0.29) is 0 Å². The number of fused-ring (bicyclic) bond motifs is 1. The van der Waals surface area contributed by atoms with Crippen molar-refractivity contribution in [3.8, 4) is 0 Å². The van der Waals surface area contributed by atoms with Gasteiger partial charge in [0.25, 0.3) is 0 Å². The number of aromatic amines is 1. The molecule has 6 nitrogen and oxygen atoms in total. The van der Waals surface area contributed by atoms with Crippen LogP contribution in [0.15, 0.2) is 30.7 Å². The van der Waals surface area contributed by atoms with Gasteiger partial charge in [0.2, 0.25) is 5.95 Å². The van der Waals surface area contributed by atoms with Gasteiger partial charge >= 0.3 is 0 Å². The van der Waals surface area contributed by atoms with Crippen molar-refractivity contribution in [1.82, 2.24) is 24.6 Å². The summed E-state index contributed by atoms with van der Waals surface area (Å²) in [6.07, 6.45) is 7.43. The summed E-state index contributed by atoms with van der Waals surface area (Å²) in [4.78, 5) is 11.7. The Morgan fingerprint density at radius 3 is 3.16 bits per heavy atom. The maximum Gasteiger partial charge on any atom is 0.243 e. The molecule has 2 N–H and O–H groups in total. The monoisotopic (exact) mass is 256 g/mol. The van der Waals surface area contributed by atoms with E-state index in [9.17, 15) is 0 Å². The van der Waals surface area contributed by atoms with Crippen LogP contribution in [0, 0.1) is 6.92 Å². The maximum absolute atomic E-state index is 4.46. The van der Waals surface area contributed by atoms with Crippen LogP contribution in [0.1, 0.15) is 17.8 Å². The van der Waals surface area contributed by atoms with Crippen LogP contribution in [-0.4, -0.2) is 31.1 Å². The average molecular weight is 256 g/mol. The Morgan fingerprint density at radius 2 is 2.37 bits per heavy atom. The number of aromatic nitrogens is 5. The zero-order valence-corrected chi connectivity index (χ0v) is 10.8. The minimum absolute atomic E-state index is 0.675. The van der Waals surface area contributed by atoms with Crippen LogP contribution in [0.4, 0.5) is 5.95 Å². The minimum Gasteiger partial charge on any atom is -0.353 e. The molecule has 0 aliphatic heterocycles.